The molecule has 26 heavy (non-hydrogen) atoms. The molecule has 7 nitrogen and oxygen atoms in total. The number of carbonyl (C=O) groups excluding carboxylic acids is 1. The van der Waals surface area contributed by atoms with Crippen molar-refractivity contribution in [2.24, 2.45) is 0 Å². The molecule has 2 aromatic carbocycles. The number of ether oxygens (including phenoxy) is 2. The number of hydrogen-bond donors (Lipinski definition) is 0. The molecule has 0 radical (unpaired) electrons. The molecule has 2 aromatic rings. The first-order valence-corrected chi connectivity index (χ1v) is 9.57. The van der Waals surface area contributed by atoms with Crippen LogP contribution in [-0.4, -0.2) is 48.9 Å². The summed E-state index contributed by atoms with van der Waals surface area (Å²) in [5, 5.41) is 0. The molecule has 8 heteroatoms. The van der Waals surface area contributed by atoms with Crippen LogP contribution in [-0.2, 0) is 10.0 Å². The van der Waals surface area contributed by atoms with Crippen LogP contribution in [0.2, 0.25) is 0 Å². The van der Waals surface area contributed by atoms with E-state index in [2.05, 4.69) is 0 Å². The molecule has 140 valence electrons. The van der Waals surface area contributed by atoms with Crippen molar-refractivity contribution in [1.82, 2.24) is 0 Å². The van der Waals surface area contributed by atoms with E-state index in [1.807, 2.05) is 0 Å². The van der Waals surface area contributed by atoms with Crippen molar-refractivity contribution in [2.45, 2.75) is 0 Å². The van der Waals surface area contributed by atoms with E-state index >= 15 is 0 Å². The van der Waals surface area contributed by atoms with Crippen LogP contribution in [0.4, 0.5) is 11.4 Å². The summed E-state index contributed by atoms with van der Waals surface area (Å²) in [5.41, 5.74) is 1.56. The van der Waals surface area contributed by atoms with Crippen LogP contribution in [0.3, 0.4) is 0 Å². The number of carbonyl (C=O) groups is 1. The van der Waals surface area contributed by atoms with Gasteiger partial charge >= 0.3 is 0 Å². The molecule has 0 N–H and O–H groups in total. The molecule has 0 spiro atoms. The molecule has 0 atom stereocenters. The number of anilines is 2. The van der Waals surface area contributed by atoms with E-state index in [1.165, 1.54) is 30.5 Å². The fourth-order valence-electron chi connectivity index (χ4n) is 2.32. The predicted molar refractivity (Wildman–Crippen MR) is 102 cm³/mol. The van der Waals surface area contributed by atoms with Crippen molar-refractivity contribution >= 4 is 27.3 Å². The highest BCUT2D eigenvalue weighted by atomic mass is 32.2. The molecule has 0 aliphatic rings. The first-order valence-electron chi connectivity index (χ1n) is 7.72. The molecular weight excluding hydrogens is 356 g/mol. The normalized spacial score (nSPS) is 11.0. The molecule has 0 aromatic heterocycles. The average molecular weight is 378 g/mol. The van der Waals surface area contributed by atoms with Crippen LogP contribution in [0, 0.1) is 0 Å². The highest BCUT2D eigenvalue weighted by molar-refractivity contribution is 7.92. The van der Waals surface area contributed by atoms with E-state index < -0.39 is 10.0 Å². The molecule has 0 aliphatic carbocycles. The summed E-state index contributed by atoms with van der Waals surface area (Å²) in [7, 11) is 2.81. The Balaban J connectivity index is 2.28. The molecule has 0 bridgehead atoms. The summed E-state index contributed by atoms with van der Waals surface area (Å²) in [6, 6.07) is 11.6. The standard InChI is InChI=1S/C18H22N2O5S/c1-19(14-6-8-15(9-7-14)20(2)26(5,22)23)18(21)13-10-16(24-3)12-17(11-13)25-4/h6-12H,1-5H3. The van der Waals surface area contributed by atoms with Crippen LogP contribution < -0.4 is 18.7 Å². The second-order valence-electron chi connectivity index (χ2n) is 5.71. The van der Waals surface area contributed by atoms with Crippen LogP contribution in [0.25, 0.3) is 0 Å². The van der Waals surface area contributed by atoms with E-state index in [1.54, 1.807) is 49.5 Å². The molecule has 0 saturated heterocycles. The first kappa shape index (κ1) is 19.6. The van der Waals surface area contributed by atoms with Gasteiger partial charge in [0.25, 0.3) is 5.91 Å². The Hall–Kier alpha value is -2.74. The number of rotatable bonds is 6. The number of nitrogens with zero attached hydrogens (tertiary/aromatic N) is 2. The van der Waals surface area contributed by atoms with Gasteiger partial charge in [0.05, 0.1) is 26.2 Å². The van der Waals surface area contributed by atoms with Gasteiger partial charge in [-0.25, -0.2) is 8.42 Å². The van der Waals surface area contributed by atoms with Crippen LogP contribution in [0.5, 0.6) is 11.5 Å². The van der Waals surface area contributed by atoms with E-state index in [0.29, 0.717) is 28.4 Å². The lowest BCUT2D eigenvalue weighted by Gasteiger charge is -2.21. The minimum atomic E-state index is -3.34. The molecule has 0 aliphatic heterocycles. The summed E-state index contributed by atoms with van der Waals surface area (Å²) < 4.78 is 34.8. The monoisotopic (exact) mass is 378 g/mol. The number of methoxy groups -OCH3 is 2. The summed E-state index contributed by atoms with van der Waals surface area (Å²) in [6.07, 6.45) is 1.13. The van der Waals surface area contributed by atoms with Gasteiger partial charge in [0.1, 0.15) is 11.5 Å². The van der Waals surface area contributed by atoms with Gasteiger partial charge in [-0.05, 0) is 36.4 Å². The lowest BCUT2D eigenvalue weighted by atomic mass is 10.1. The second kappa shape index (κ2) is 7.65. The topological polar surface area (TPSA) is 76.2 Å². The van der Waals surface area contributed by atoms with Crippen molar-refractivity contribution in [3.8, 4) is 11.5 Å². The maximum absolute atomic E-state index is 12.8. The van der Waals surface area contributed by atoms with Gasteiger partial charge in [0.2, 0.25) is 10.0 Å². The van der Waals surface area contributed by atoms with Gasteiger partial charge in [-0.15, -0.1) is 0 Å². The third kappa shape index (κ3) is 4.26. The quantitative estimate of drug-likeness (QED) is 0.771. The molecule has 2 rings (SSSR count). The summed E-state index contributed by atoms with van der Waals surface area (Å²) in [6.45, 7) is 0. The molecule has 0 heterocycles. The average Bonchev–Trinajstić information content (AvgIpc) is 2.65. The number of hydrogen-bond acceptors (Lipinski definition) is 5. The SMILES string of the molecule is COc1cc(OC)cc(C(=O)N(C)c2ccc(N(C)S(C)(=O)=O)cc2)c1. The Morgan fingerprint density at radius 3 is 1.77 bits per heavy atom. The Morgan fingerprint density at radius 1 is 0.885 bits per heavy atom. The Morgan fingerprint density at radius 2 is 1.35 bits per heavy atom. The van der Waals surface area contributed by atoms with Gasteiger partial charge in [-0.1, -0.05) is 0 Å². The lowest BCUT2D eigenvalue weighted by Crippen LogP contribution is -2.27. The van der Waals surface area contributed by atoms with Crippen molar-refractivity contribution in [3.63, 3.8) is 0 Å². The van der Waals surface area contributed by atoms with Crippen molar-refractivity contribution in [1.29, 1.82) is 0 Å². The van der Waals surface area contributed by atoms with E-state index in [4.69, 9.17) is 9.47 Å². The van der Waals surface area contributed by atoms with Gasteiger partial charge in [-0.2, -0.15) is 0 Å². The molecule has 0 saturated carbocycles. The summed E-state index contributed by atoms with van der Waals surface area (Å²) >= 11 is 0. The zero-order valence-electron chi connectivity index (χ0n) is 15.4. The molecule has 0 fully saturated rings. The van der Waals surface area contributed by atoms with Crippen molar-refractivity contribution < 1.29 is 22.7 Å². The zero-order chi connectivity index (χ0) is 19.5. The number of amides is 1. The van der Waals surface area contributed by atoms with Crippen molar-refractivity contribution in [2.75, 3.05) is 43.8 Å². The second-order valence-corrected chi connectivity index (χ2v) is 7.73. The zero-order valence-corrected chi connectivity index (χ0v) is 16.2. The lowest BCUT2D eigenvalue weighted by molar-refractivity contribution is 0.0992. The molecule has 0 unspecified atom stereocenters. The van der Waals surface area contributed by atoms with E-state index in [0.717, 1.165) is 6.26 Å². The maximum Gasteiger partial charge on any atom is 0.258 e. The van der Waals surface area contributed by atoms with Gasteiger partial charge in [0.15, 0.2) is 0 Å². The van der Waals surface area contributed by atoms with Crippen LogP contribution in [0.1, 0.15) is 10.4 Å². The maximum atomic E-state index is 12.8. The van der Waals surface area contributed by atoms with Gasteiger partial charge < -0.3 is 14.4 Å². The van der Waals surface area contributed by atoms with Crippen LogP contribution in [0.15, 0.2) is 42.5 Å². The number of benzene rings is 2. The Kier molecular flexibility index (Phi) is 5.76. The number of sulfonamides is 1. The smallest absolute Gasteiger partial charge is 0.258 e. The first-order chi connectivity index (χ1) is 12.2. The molecule has 1 amide bonds. The highest BCUT2D eigenvalue weighted by Gasteiger charge is 2.17. The minimum absolute atomic E-state index is 0.244. The fraction of sp³-hybridized carbons (Fsp3) is 0.278. The van der Waals surface area contributed by atoms with Gasteiger partial charge in [-0.3, -0.25) is 9.10 Å². The third-order valence-electron chi connectivity index (χ3n) is 4.00. The van der Waals surface area contributed by atoms with E-state index in [-0.39, 0.29) is 5.91 Å². The van der Waals surface area contributed by atoms with Crippen molar-refractivity contribution in [3.05, 3.63) is 48.0 Å². The van der Waals surface area contributed by atoms with Gasteiger partial charge in [0, 0.05) is 31.4 Å². The predicted octanol–water partition coefficient (Wildman–Crippen LogP) is 2.38. The third-order valence-corrected chi connectivity index (χ3v) is 5.21. The minimum Gasteiger partial charge on any atom is -0.497 e. The van der Waals surface area contributed by atoms with E-state index in [9.17, 15) is 13.2 Å². The summed E-state index contributed by atoms with van der Waals surface area (Å²) in [4.78, 5) is 14.2. The van der Waals surface area contributed by atoms with Crippen LogP contribution >= 0.6 is 0 Å². The highest BCUT2D eigenvalue weighted by Crippen LogP contribution is 2.26. The Labute approximate surface area is 153 Å². The summed E-state index contributed by atoms with van der Waals surface area (Å²) in [5.74, 6) is 0.795. The largest absolute Gasteiger partial charge is 0.497 e. The molecular formula is C18H22N2O5S. The Bertz CT molecular complexity index is 872. The fourth-order valence-corrected chi connectivity index (χ4v) is 2.82.